The van der Waals surface area contributed by atoms with E-state index in [9.17, 15) is 9.59 Å². The molecule has 5 rings (SSSR count). The molecule has 0 amide bonds. The fraction of sp³-hybridized carbons (Fsp3) is 0.333. The lowest BCUT2D eigenvalue weighted by molar-refractivity contribution is -0.121. The first kappa shape index (κ1) is 22.2. The normalized spacial score (nSPS) is 16.7. The first-order chi connectivity index (χ1) is 15.7. The minimum atomic E-state index is 0.00487. The number of piperidine rings is 1. The second kappa shape index (κ2) is 11.0. The van der Waals surface area contributed by atoms with Gasteiger partial charge in [-0.25, -0.2) is 0 Å². The number of rotatable bonds is 4. The van der Waals surface area contributed by atoms with Gasteiger partial charge in [0.1, 0.15) is 5.78 Å². The number of nitrogens with one attached hydrogen (secondary N) is 1. The van der Waals surface area contributed by atoms with Crippen molar-refractivity contribution in [1.29, 1.82) is 0 Å². The van der Waals surface area contributed by atoms with Crippen molar-refractivity contribution in [3.8, 4) is 0 Å². The van der Waals surface area contributed by atoms with Crippen LogP contribution in [0.15, 0.2) is 77.6 Å². The van der Waals surface area contributed by atoms with E-state index in [-0.39, 0.29) is 5.56 Å². The summed E-state index contributed by atoms with van der Waals surface area (Å²) in [5, 5.41) is 0. The van der Waals surface area contributed by atoms with Crippen molar-refractivity contribution >= 4 is 5.78 Å². The van der Waals surface area contributed by atoms with Gasteiger partial charge < -0.3 is 4.98 Å². The van der Waals surface area contributed by atoms with Crippen LogP contribution in [0.25, 0.3) is 0 Å². The molecule has 5 nitrogen and oxygen atoms in total. The zero-order valence-corrected chi connectivity index (χ0v) is 18.5. The largest absolute Gasteiger partial charge is 0.326 e. The van der Waals surface area contributed by atoms with Crippen molar-refractivity contribution in [3.05, 3.63) is 106 Å². The van der Waals surface area contributed by atoms with Gasteiger partial charge in [-0.05, 0) is 16.7 Å². The molecule has 166 valence electrons. The van der Waals surface area contributed by atoms with E-state index < -0.39 is 0 Å². The van der Waals surface area contributed by atoms with Gasteiger partial charge in [-0.1, -0.05) is 66.7 Å². The Labute approximate surface area is 189 Å². The quantitative estimate of drug-likeness (QED) is 0.686. The average molecular weight is 430 g/mol. The van der Waals surface area contributed by atoms with E-state index >= 15 is 0 Å². The maximum Gasteiger partial charge on any atom is 0.248 e. The van der Waals surface area contributed by atoms with Crippen molar-refractivity contribution in [1.82, 2.24) is 14.8 Å². The summed E-state index contributed by atoms with van der Waals surface area (Å²) in [5.74, 6) is 0.411. The van der Waals surface area contributed by atoms with Gasteiger partial charge >= 0.3 is 0 Å². The molecular weight excluding hydrogens is 398 g/mol. The third-order valence-electron chi connectivity index (χ3n) is 6.08. The summed E-state index contributed by atoms with van der Waals surface area (Å²) in [5.41, 5.74) is 5.03. The predicted octanol–water partition coefficient (Wildman–Crippen LogP) is 3.78. The zero-order valence-electron chi connectivity index (χ0n) is 18.5. The second-order valence-corrected chi connectivity index (χ2v) is 8.57. The molecular formula is C27H31N3O2. The number of hydrogen-bond donors (Lipinski definition) is 1. The maximum absolute atomic E-state index is 11.2. The summed E-state index contributed by atoms with van der Waals surface area (Å²) in [4.78, 5) is 30.0. The SMILES string of the molecule is O=C1CCN(Cc2ccccc2)CC1.O=c1ccc2c([nH]1)CCN(Cc1ccccc1)C2. The number of Topliss-reactive ketones (excluding diaryl/α,β-unsaturated/α-hetero) is 1. The topological polar surface area (TPSA) is 56.4 Å². The van der Waals surface area contributed by atoms with E-state index in [0.29, 0.717) is 5.78 Å². The number of aromatic nitrogens is 1. The molecule has 0 atom stereocenters. The molecule has 1 aromatic heterocycles. The van der Waals surface area contributed by atoms with Crippen LogP contribution < -0.4 is 5.56 Å². The lowest BCUT2D eigenvalue weighted by atomic mass is 10.0. The molecule has 5 heteroatoms. The molecule has 0 radical (unpaired) electrons. The number of hydrogen-bond acceptors (Lipinski definition) is 4. The van der Waals surface area contributed by atoms with E-state index in [1.807, 2.05) is 18.2 Å². The van der Waals surface area contributed by atoms with Crippen molar-refractivity contribution in [2.24, 2.45) is 0 Å². The van der Waals surface area contributed by atoms with Gasteiger partial charge in [-0.2, -0.15) is 0 Å². The Bertz CT molecular complexity index is 1050. The van der Waals surface area contributed by atoms with E-state index in [1.165, 1.54) is 16.7 Å². The summed E-state index contributed by atoms with van der Waals surface area (Å²) < 4.78 is 0. The Hall–Kier alpha value is -3.02. The third-order valence-corrected chi connectivity index (χ3v) is 6.08. The first-order valence-corrected chi connectivity index (χ1v) is 11.4. The number of benzene rings is 2. The van der Waals surface area contributed by atoms with Crippen LogP contribution in [0.5, 0.6) is 0 Å². The smallest absolute Gasteiger partial charge is 0.248 e. The molecule has 2 aliphatic rings. The Morgan fingerprint density at radius 3 is 1.84 bits per heavy atom. The van der Waals surface area contributed by atoms with Gasteiger partial charge in [0.25, 0.3) is 0 Å². The number of pyridine rings is 1. The average Bonchev–Trinajstić information content (AvgIpc) is 2.82. The molecule has 0 spiro atoms. The number of carbonyl (C=O) groups is 1. The molecule has 0 unspecified atom stereocenters. The number of nitrogens with zero attached hydrogens (tertiary/aromatic N) is 2. The van der Waals surface area contributed by atoms with Crippen LogP contribution in [0.2, 0.25) is 0 Å². The van der Waals surface area contributed by atoms with Crippen LogP contribution in [-0.2, 0) is 30.8 Å². The van der Waals surface area contributed by atoms with Gasteiger partial charge in [0.05, 0.1) is 0 Å². The highest BCUT2D eigenvalue weighted by molar-refractivity contribution is 5.79. The minimum Gasteiger partial charge on any atom is -0.326 e. The van der Waals surface area contributed by atoms with Crippen LogP contribution in [0.4, 0.5) is 0 Å². The standard InChI is InChI=1S/C15H16N2O.C12H15NO/c18-15-7-6-13-11-17(9-8-14(13)16-15)10-12-4-2-1-3-5-12;14-12-6-8-13(9-7-12)10-11-4-2-1-3-5-11/h1-7H,8-11H2,(H,16,18);1-5H,6-10H2. The Kier molecular flexibility index (Phi) is 7.64. The van der Waals surface area contributed by atoms with Crippen LogP contribution in [0, 0.1) is 0 Å². The summed E-state index contributed by atoms with van der Waals surface area (Å²) >= 11 is 0. The lowest BCUT2D eigenvalue weighted by Crippen LogP contribution is -2.33. The lowest BCUT2D eigenvalue weighted by Gasteiger charge is -2.28. The summed E-state index contributed by atoms with van der Waals surface area (Å²) in [6.45, 7) is 5.72. The van der Waals surface area contributed by atoms with Gasteiger partial charge in [0.2, 0.25) is 5.56 Å². The Morgan fingerprint density at radius 2 is 1.22 bits per heavy atom. The summed E-state index contributed by atoms with van der Waals surface area (Å²) in [6, 6.07) is 24.5. The molecule has 3 aromatic rings. The summed E-state index contributed by atoms with van der Waals surface area (Å²) in [7, 11) is 0. The van der Waals surface area contributed by atoms with Gasteiger partial charge in [0.15, 0.2) is 0 Å². The molecule has 1 saturated heterocycles. The number of likely N-dealkylation sites (tertiary alicyclic amines) is 1. The Balaban J connectivity index is 0.000000158. The maximum atomic E-state index is 11.2. The van der Waals surface area contributed by atoms with Crippen molar-refractivity contribution < 1.29 is 4.79 Å². The van der Waals surface area contributed by atoms with E-state index in [2.05, 4.69) is 63.3 Å². The van der Waals surface area contributed by atoms with Gasteiger partial charge in [0, 0.05) is 70.3 Å². The minimum absolute atomic E-state index is 0.00487. The second-order valence-electron chi connectivity index (χ2n) is 8.57. The van der Waals surface area contributed by atoms with Crippen LogP contribution in [0.1, 0.15) is 35.2 Å². The van der Waals surface area contributed by atoms with Crippen molar-refractivity contribution in [3.63, 3.8) is 0 Å². The fourth-order valence-electron chi connectivity index (χ4n) is 4.29. The summed E-state index contributed by atoms with van der Waals surface area (Å²) in [6.07, 6.45) is 2.39. The highest BCUT2D eigenvalue weighted by atomic mass is 16.1. The van der Waals surface area contributed by atoms with Gasteiger partial charge in [-0.3, -0.25) is 19.4 Å². The predicted molar refractivity (Wildman–Crippen MR) is 127 cm³/mol. The number of carbonyl (C=O) groups excluding carboxylic acids is 1. The molecule has 2 aromatic carbocycles. The first-order valence-electron chi connectivity index (χ1n) is 11.4. The molecule has 1 fully saturated rings. The number of fused-ring (bicyclic) bond motifs is 1. The number of ketones is 1. The van der Waals surface area contributed by atoms with Crippen LogP contribution >= 0.6 is 0 Å². The molecule has 2 aliphatic heterocycles. The highest BCUT2D eigenvalue weighted by Gasteiger charge is 2.17. The number of aromatic amines is 1. The molecule has 1 N–H and O–H groups in total. The molecule has 0 saturated carbocycles. The molecule has 3 heterocycles. The molecule has 0 aliphatic carbocycles. The third kappa shape index (κ3) is 6.49. The number of H-pyrrole nitrogens is 1. The van der Waals surface area contributed by atoms with Crippen LogP contribution in [-0.4, -0.2) is 40.2 Å². The van der Waals surface area contributed by atoms with Crippen molar-refractivity contribution in [2.45, 2.75) is 38.9 Å². The van der Waals surface area contributed by atoms with E-state index in [1.54, 1.807) is 6.07 Å². The Morgan fingerprint density at radius 1 is 0.656 bits per heavy atom. The van der Waals surface area contributed by atoms with E-state index in [0.717, 1.165) is 64.2 Å². The molecule has 0 bridgehead atoms. The van der Waals surface area contributed by atoms with Crippen molar-refractivity contribution in [2.75, 3.05) is 19.6 Å². The molecule has 32 heavy (non-hydrogen) atoms. The fourth-order valence-corrected chi connectivity index (χ4v) is 4.29. The van der Waals surface area contributed by atoms with E-state index in [4.69, 9.17) is 0 Å². The van der Waals surface area contributed by atoms with Gasteiger partial charge in [-0.15, -0.1) is 0 Å². The zero-order chi connectivity index (χ0) is 22.2. The highest BCUT2D eigenvalue weighted by Crippen LogP contribution is 2.17. The monoisotopic (exact) mass is 429 g/mol. The van der Waals surface area contributed by atoms with Crippen LogP contribution in [0.3, 0.4) is 0 Å².